The van der Waals surface area contributed by atoms with Gasteiger partial charge in [0.2, 0.25) is 0 Å². The van der Waals surface area contributed by atoms with Crippen molar-refractivity contribution in [3.8, 4) is 11.3 Å². The summed E-state index contributed by atoms with van der Waals surface area (Å²) in [7, 11) is 0. The van der Waals surface area contributed by atoms with Crippen LogP contribution in [0.1, 0.15) is 22.7 Å². The Morgan fingerprint density at radius 1 is 1.15 bits per heavy atom. The normalized spacial score (nSPS) is 11.0. The monoisotopic (exact) mass is 380 g/mol. The molecule has 1 amide bonds. The van der Waals surface area contributed by atoms with E-state index in [0.717, 1.165) is 35.3 Å². The van der Waals surface area contributed by atoms with Crippen molar-refractivity contribution in [2.45, 2.75) is 12.8 Å². The molecule has 6 nitrogen and oxygen atoms in total. The third-order valence-electron chi connectivity index (χ3n) is 4.17. The first-order valence-corrected chi connectivity index (χ1v) is 9.01. The summed E-state index contributed by atoms with van der Waals surface area (Å²) in [6.45, 7) is 0.523. The molecule has 0 atom stereocenters. The average molecular weight is 381 g/mol. The lowest BCUT2D eigenvalue weighted by molar-refractivity contribution is 0.0944. The van der Waals surface area contributed by atoms with Gasteiger partial charge in [0, 0.05) is 29.6 Å². The molecule has 2 N–H and O–H groups in total. The zero-order valence-electron chi connectivity index (χ0n) is 14.4. The summed E-state index contributed by atoms with van der Waals surface area (Å²) in [4.78, 5) is 20.0. The number of fused-ring (bicyclic) bond motifs is 1. The molecule has 4 rings (SSSR count). The molecular formula is C20H17ClN4O2. The number of aromatic nitrogens is 3. The van der Waals surface area contributed by atoms with Crippen LogP contribution in [0.3, 0.4) is 0 Å². The van der Waals surface area contributed by atoms with E-state index < -0.39 is 0 Å². The second-order valence-corrected chi connectivity index (χ2v) is 6.58. The third-order valence-corrected chi connectivity index (χ3v) is 4.40. The van der Waals surface area contributed by atoms with Gasteiger partial charge in [-0.25, -0.2) is 4.98 Å². The molecular weight excluding hydrogens is 364 g/mol. The third kappa shape index (κ3) is 4.01. The van der Waals surface area contributed by atoms with Gasteiger partial charge in [-0.1, -0.05) is 41.0 Å². The van der Waals surface area contributed by atoms with Crippen molar-refractivity contribution in [2.24, 2.45) is 0 Å². The van der Waals surface area contributed by atoms with Crippen LogP contribution >= 0.6 is 11.6 Å². The predicted molar refractivity (Wildman–Crippen MR) is 104 cm³/mol. The van der Waals surface area contributed by atoms with Gasteiger partial charge in [0.1, 0.15) is 5.82 Å². The fourth-order valence-electron chi connectivity index (χ4n) is 2.83. The van der Waals surface area contributed by atoms with Gasteiger partial charge < -0.3 is 14.8 Å². The molecule has 0 aliphatic rings. The lowest BCUT2D eigenvalue weighted by Gasteiger charge is -2.01. The quantitative estimate of drug-likeness (QED) is 0.490. The summed E-state index contributed by atoms with van der Waals surface area (Å²) in [6, 6.07) is 16.7. The molecule has 136 valence electrons. The highest BCUT2D eigenvalue weighted by molar-refractivity contribution is 6.30. The largest absolute Gasteiger partial charge is 0.355 e. The summed E-state index contributed by atoms with van der Waals surface area (Å²) >= 11 is 5.98. The summed E-state index contributed by atoms with van der Waals surface area (Å²) in [5.41, 5.74) is 2.99. The second kappa shape index (κ2) is 7.63. The van der Waals surface area contributed by atoms with E-state index in [2.05, 4.69) is 20.4 Å². The minimum atomic E-state index is -0.267. The first kappa shape index (κ1) is 17.3. The standard InChI is InChI=1S/C20H17ClN4O2/c21-14-6-3-5-13(11-14)18-12-17(25-27-18)20(26)22-10-4-9-19-23-15-7-1-2-8-16(15)24-19/h1-3,5-8,11-12H,4,9-10H2,(H,22,26)(H,23,24). The fourth-order valence-corrected chi connectivity index (χ4v) is 3.02. The first-order valence-electron chi connectivity index (χ1n) is 8.63. The minimum absolute atomic E-state index is 0.244. The van der Waals surface area contributed by atoms with Crippen molar-refractivity contribution in [3.05, 3.63) is 71.1 Å². The van der Waals surface area contributed by atoms with Crippen molar-refractivity contribution >= 4 is 28.5 Å². The average Bonchev–Trinajstić information content (AvgIpc) is 3.32. The molecule has 0 fully saturated rings. The summed E-state index contributed by atoms with van der Waals surface area (Å²) in [5, 5.41) is 7.29. The highest BCUT2D eigenvalue weighted by Gasteiger charge is 2.13. The number of carbonyl (C=O) groups excluding carboxylic acids is 1. The Bertz CT molecular complexity index is 1050. The van der Waals surface area contributed by atoms with Gasteiger partial charge in [0.05, 0.1) is 11.0 Å². The summed E-state index contributed by atoms with van der Waals surface area (Å²) in [6.07, 6.45) is 1.52. The van der Waals surface area contributed by atoms with E-state index in [-0.39, 0.29) is 11.6 Å². The van der Waals surface area contributed by atoms with Crippen LogP contribution in [0.4, 0.5) is 0 Å². The Labute approximate surface area is 160 Å². The molecule has 27 heavy (non-hydrogen) atoms. The molecule has 0 aliphatic heterocycles. The van der Waals surface area contributed by atoms with Gasteiger partial charge in [-0.3, -0.25) is 4.79 Å². The number of carbonyl (C=O) groups is 1. The molecule has 2 heterocycles. The number of rotatable bonds is 6. The van der Waals surface area contributed by atoms with Crippen LogP contribution in [-0.2, 0) is 6.42 Å². The van der Waals surface area contributed by atoms with Crippen molar-refractivity contribution in [2.75, 3.05) is 6.54 Å². The Morgan fingerprint density at radius 3 is 2.89 bits per heavy atom. The highest BCUT2D eigenvalue weighted by Crippen LogP contribution is 2.23. The van der Waals surface area contributed by atoms with Gasteiger partial charge in [-0.15, -0.1) is 0 Å². The van der Waals surface area contributed by atoms with Gasteiger partial charge in [-0.05, 0) is 30.7 Å². The number of imidazole rings is 1. The Balaban J connectivity index is 1.30. The van der Waals surface area contributed by atoms with Crippen molar-refractivity contribution < 1.29 is 9.32 Å². The molecule has 0 unspecified atom stereocenters. The smallest absolute Gasteiger partial charge is 0.273 e. The number of hydrogen-bond acceptors (Lipinski definition) is 4. The lowest BCUT2D eigenvalue weighted by atomic mass is 10.1. The highest BCUT2D eigenvalue weighted by atomic mass is 35.5. The van der Waals surface area contributed by atoms with Crippen LogP contribution in [-0.4, -0.2) is 27.6 Å². The van der Waals surface area contributed by atoms with Gasteiger partial charge >= 0.3 is 0 Å². The van der Waals surface area contributed by atoms with Crippen LogP contribution < -0.4 is 5.32 Å². The zero-order valence-corrected chi connectivity index (χ0v) is 15.2. The Hall–Kier alpha value is -3.12. The molecule has 4 aromatic rings. The number of para-hydroxylation sites is 2. The molecule has 0 spiro atoms. The van der Waals surface area contributed by atoms with Crippen LogP contribution in [0.5, 0.6) is 0 Å². The SMILES string of the molecule is O=C(NCCCc1nc2ccccc2[nH]1)c1cc(-c2cccc(Cl)c2)on1. The van der Waals surface area contributed by atoms with E-state index >= 15 is 0 Å². The number of halogens is 1. The topological polar surface area (TPSA) is 83.8 Å². The van der Waals surface area contributed by atoms with Gasteiger partial charge in [0.25, 0.3) is 5.91 Å². The minimum Gasteiger partial charge on any atom is -0.355 e. The number of nitrogens with one attached hydrogen (secondary N) is 2. The van der Waals surface area contributed by atoms with E-state index in [0.29, 0.717) is 17.3 Å². The maximum atomic E-state index is 12.2. The lowest BCUT2D eigenvalue weighted by Crippen LogP contribution is -2.25. The van der Waals surface area contributed by atoms with E-state index in [1.165, 1.54) is 0 Å². The van der Waals surface area contributed by atoms with Crippen LogP contribution in [0.25, 0.3) is 22.4 Å². The number of aromatic amines is 1. The van der Waals surface area contributed by atoms with Crippen LogP contribution in [0, 0.1) is 0 Å². The number of hydrogen-bond donors (Lipinski definition) is 2. The van der Waals surface area contributed by atoms with E-state index in [4.69, 9.17) is 16.1 Å². The van der Waals surface area contributed by atoms with Crippen molar-refractivity contribution in [1.82, 2.24) is 20.4 Å². The summed E-state index contributed by atoms with van der Waals surface area (Å²) < 4.78 is 5.25. The first-order chi connectivity index (χ1) is 13.2. The maximum absolute atomic E-state index is 12.2. The summed E-state index contributed by atoms with van der Waals surface area (Å²) in [5.74, 6) is 1.15. The number of benzene rings is 2. The van der Waals surface area contributed by atoms with E-state index in [1.54, 1.807) is 18.2 Å². The van der Waals surface area contributed by atoms with Crippen molar-refractivity contribution in [3.63, 3.8) is 0 Å². The second-order valence-electron chi connectivity index (χ2n) is 6.15. The number of H-pyrrole nitrogens is 1. The number of nitrogens with zero attached hydrogens (tertiary/aromatic N) is 2. The van der Waals surface area contributed by atoms with Gasteiger partial charge in [0.15, 0.2) is 11.5 Å². The molecule has 2 aromatic carbocycles. The molecule has 0 bridgehead atoms. The number of amides is 1. The van der Waals surface area contributed by atoms with E-state index in [9.17, 15) is 4.79 Å². The van der Waals surface area contributed by atoms with Crippen LogP contribution in [0.2, 0.25) is 5.02 Å². The van der Waals surface area contributed by atoms with E-state index in [1.807, 2.05) is 36.4 Å². The molecule has 2 aromatic heterocycles. The zero-order chi connectivity index (χ0) is 18.6. The van der Waals surface area contributed by atoms with Gasteiger partial charge in [-0.2, -0.15) is 0 Å². The molecule has 0 saturated carbocycles. The van der Waals surface area contributed by atoms with Crippen molar-refractivity contribution in [1.29, 1.82) is 0 Å². The molecule has 7 heteroatoms. The Morgan fingerprint density at radius 2 is 2.04 bits per heavy atom. The molecule has 0 saturated heterocycles. The Kier molecular flexibility index (Phi) is 4.89. The predicted octanol–water partition coefficient (Wildman–Crippen LogP) is 4.23. The number of aryl methyl sites for hydroxylation is 1. The molecule has 0 aliphatic carbocycles. The molecule has 0 radical (unpaired) electrons. The fraction of sp³-hybridized carbons (Fsp3) is 0.150. The van der Waals surface area contributed by atoms with Crippen LogP contribution in [0.15, 0.2) is 59.1 Å². The maximum Gasteiger partial charge on any atom is 0.273 e.